The van der Waals surface area contributed by atoms with E-state index in [4.69, 9.17) is 4.74 Å². The fourth-order valence-electron chi connectivity index (χ4n) is 3.79. The van der Waals surface area contributed by atoms with Crippen molar-refractivity contribution in [2.75, 3.05) is 39.8 Å². The van der Waals surface area contributed by atoms with E-state index in [9.17, 15) is 4.79 Å². The molecule has 1 amide bonds. The minimum Gasteiger partial charge on any atom is -0.444 e. The molecule has 0 radical (unpaired) electrons. The Morgan fingerprint density at radius 3 is 2.65 bits per heavy atom. The maximum Gasteiger partial charge on any atom is 0.407 e. The summed E-state index contributed by atoms with van der Waals surface area (Å²) < 4.78 is 5.35. The number of carbonyl (C=O) groups is 1. The van der Waals surface area contributed by atoms with Crippen LogP contribution in [0, 0.1) is 0 Å². The van der Waals surface area contributed by atoms with Crippen LogP contribution in [0.2, 0.25) is 0 Å². The van der Waals surface area contributed by atoms with Gasteiger partial charge in [-0.25, -0.2) is 4.79 Å². The van der Waals surface area contributed by atoms with Crippen LogP contribution in [-0.2, 0) is 4.74 Å². The molecule has 2 rings (SSSR count). The zero-order chi connectivity index (χ0) is 19.2. The molecular weight excluding hydrogens is 330 g/mol. The second-order valence-corrected chi connectivity index (χ2v) is 8.28. The molecule has 0 aromatic heterocycles. The molecule has 7 heteroatoms. The normalized spacial score (nSPS) is 25.3. The van der Waals surface area contributed by atoms with Crippen molar-refractivity contribution in [1.29, 1.82) is 0 Å². The molecule has 7 nitrogen and oxygen atoms in total. The van der Waals surface area contributed by atoms with Crippen molar-refractivity contribution in [2.45, 2.75) is 71.1 Å². The van der Waals surface area contributed by atoms with E-state index < -0.39 is 5.60 Å². The third-order valence-corrected chi connectivity index (χ3v) is 5.07. The van der Waals surface area contributed by atoms with Crippen molar-refractivity contribution in [3.05, 3.63) is 0 Å². The molecule has 0 aromatic rings. The van der Waals surface area contributed by atoms with E-state index in [1.165, 1.54) is 25.8 Å². The van der Waals surface area contributed by atoms with Gasteiger partial charge < -0.3 is 20.3 Å². The average Bonchev–Trinajstić information content (AvgIpc) is 3.02. The predicted octanol–water partition coefficient (Wildman–Crippen LogP) is 2.04. The lowest BCUT2D eigenvalue weighted by Crippen LogP contribution is -2.50. The van der Waals surface area contributed by atoms with Gasteiger partial charge in [0.2, 0.25) is 0 Å². The number of nitrogens with zero attached hydrogens (tertiary/aromatic N) is 3. The van der Waals surface area contributed by atoms with E-state index in [0.29, 0.717) is 6.04 Å². The Kier molecular flexibility index (Phi) is 7.55. The van der Waals surface area contributed by atoms with Gasteiger partial charge >= 0.3 is 6.09 Å². The number of hydrogen-bond donors (Lipinski definition) is 2. The van der Waals surface area contributed by atoms with Crippen molar-refractivity contribution in [2.24, 2.45) is 4.99 Å². The number of ether oxygens (including phenoxy) is 1. The van der Waals surface area contributed by atoms with E-state index in [0.717, 1.165) is 38.6 Å². The Morgan fingerprint density at radius 1 is 1.23 bits per heavy atom. The molecule has 2 saturated heterocycles. The van der Waals surface area contributed by atoms with Gasteiger partial charge in [-0.15, -0.1) is 0 Å². The monoisotopic (exact) mass is 367 g/mol. The highest BCUT2D eigenvalue weighted by molar-refractivity contribution is 5.80. The molecular formula is C19H37N5O2. The highest BCUT2D eigenvalue weighted by Crippen LogP contribution is 2.16. The summed E-state index contributed by atoms with van der Waals surface area (Å²) in [6.45, 7) is 12.8. The van der Waals surface area contributed by atoms with E-state index in [1.807, 2.05) is 27.8 Å². The minimum atomic E-state index is -0.467. The number of rotatable bonds is 4. The molecule has 2 heterocycles. The summed E-state index contributed by atoms with van der Waals surface area (Å²) in [7, 11) is 1.83. The first-order valence-electron chi connectivity index (χ1n) is 10.0. The molecule has 2 unspecified atom stereocenters. The summed E-state index contributed by atoms with van der Waals surface area (Å²) in [5, 5.41) is 6.52. The SMILES string of the molecule is CCN1CCCCC1CNC(=NC)N1CCC(NC(=O)OC(C)(C)C)C1. The Morgan fingerprint density at radius 2 is 2.00 bits per heavy atom. The number of likely N-dealkylation sites (N-methyl/N-ethyl adjacent to an activating group) is 1. The summed E-state index contributed by atoms with van der Waals surface area (Å²) in [6.07, 6.45) is 4.44. The van der Waals surface area contributed by atoms with Gasteiger partial charge in [0, 0.05) is 32.7 Å². The Bertz CT molecular complexity index is 489. The highest BCUT2D eigenvalue weighted by Gasteiger charge is 2.28. The van der Waals surface area contributed by atoms with E-state index >= 15 is 0 Å². The van der Waals surface area contributed by atoms with Gasteiger partial charge in [-0.2, -0.15) is 0 Å². The number of guanidine groups is 1. The Labute approximate surface area is 158 Å². The first kappa shape index (κ1) is 20.8. The van der Waals surface area contributed by atoms with Crippen LogP contribution >= 0.6 is 0 Å². The van der Waals surface area contributed by atoms with Crippen LogP contribution in [0.15, 0.2) is 4.99 Å². The summed E-state index contributed by atoms with van der Waals surface area (Å²) in [4.78, 5) is 21.2. The van der Waals surface area contributed by atoms with Crippen molar-refractivity contribution in [3.8, 4) is 0 Å². The van der Waals surface area contributed by atoms with Gasteiger partial charge in [0.05, 0.1) is 6.04 Å². The lowest BCUT2D eigenvalue weighted by atomic mass is 10.0. The molecule has 2 aliphatic heterocycles. The summed E-state index contributed by atoms with van der Waals surface area (Å²) >= 11 is 0. The standard InChI is InChI=1S/C19H37N5O2/c1-6-23-11-8-7-9-16(23)13-21-17(20-5)24-12-10-15(14-24)22-18(25)26-19(2,3)4/h15-16H,6-14H2,1-5H3,(H,20,21)(H,22,25). The van der Waals surface area contributed by atoms with Gasteiger partial charge in [0.15, 0.2) is 5.96 Å². The van der Waals surface area contributed by atoms with Gasteiger partial charge in [-0.05, 0) is 53.1 Å². The van der Waals surface area contributed by atoms with Crippen molar-refractivity contribution in [3.63, 3.8) is 0 Å². The largest absolute Gasteiger partial charge is 0.444 e. The van der Waals surface area contributed by atoms with Gasteiger partial charge in [-0.3, -0.25) is 9.89 Å². The third kappa shape index (κ3) is 6.34. The fourth-order valence-corrected chi connectivity index (χ4v) is 3.79. The average molecular weight is 368 g/mol. The zero-order valence-corrected chi connectivity index (χ0v) is 17.2. The minimum absolute atomic E-state index is 0.102. The number of alkyl carbamates (subject to hydrolysis) is 1. The van der Waals surface area contributed by atoms with Gasteiger partial charge in [0.25, 0.3) is 0 Å². The highest BCUT2D eigenvalue weighted by atomic mass is 16.6. The van der Waals surface area contributed by atoms with Crippen molar-refractivity contribution < 1.29 is 9.53 Å². The van der Waals surface area contributed by atoms with Gasteiger partial charge in [-0.1, -0.05) is 13.3 Å². The lowest BCUT2D eigenvalue weighted by molar-refractivity contribution is 0.0507. The van der Waals surface area contributed by atoms with Crippen LogP contribution in [0.4, 0.5) is 4.79 Å². The Hall–Kier alpha value is -1.50. The number of amides is 1. The number of hydrogen-bond acceptors (Lipinski definition) is 4. The number of likely N-dealkylation sites (tertiary alicyclic amines) is 2. The molecule has 0 spiro atoms. The number of nitrogens with one attached hydrogen (secondary N) is 2. The molecule has 0 saturated carbocycles. The van der Waals surface area contributed by atoms with Crippen LogP contribution in [0.1, 0.15) is 53.4 Å². The van der Waals surface area contributed by atoms with Gasteiger partial charge in [0.1, 0.15) is 5.60 Å². The second-order valence-electron chi connectivity index (χ2n) is 8.28. The second kappa shape index (κ2) is 9.44. The van der Waals surface area contributed by atoms with Crippen LogP contribution in [0.3, 0.4) is 0 Å². The third-order valence-electron chi connectivity index (χ3n) is 5.07. The molecule has 0 aromatic carbocycles. The molecule has 0 bridgehead atoms. The van der Waals surface area contributed by atoms with Crippen molar-refractivity contribution >= 4 is 12.1 Å². The quantitative estimate of drug-likeness (QED) is 0.588. The summed E-state index contributed by atoms with van der Waals surface area (Å²) in [5.74, 6) is 0.931. The molecule has 2 N–H and O–H groups in total. The Balaban J connectivity index is 1.79. The maximum absolute atomic E-state index is 12.0. The smallest absolute Gasteiger partial charge is 0.407 e. The van der Waals surface area contributed by atoms with Crippen LogP contribution in [-0.4, -0.2) is 79.3 Å². The molecule has 2 fully saturated rings. The molecule has 2 atom stereocenters. The van der Waals surface area contributed by atoms with E-state index in [-0.39, 0.29) is 12.1 Å². The predicted molar refractivity (Wildman–Crippen MR) is 106 cm³/mol. The molecule has 2 aliphatic rings. The van der Waals surface area contributed by atoms with Crippen molar-refractivity contribution in [1.82, 2.24) is 20.4 Å². The number of piperidine rings is 1. The fraction of sp³-hybridized carbons (Fsp3) is 0.895. The number of carbonyl (C=O) groups excluding carboxylic acids is 1. The molecule has 26 heavy (non-hydrogen) atoms. The summed E-state index contributed by atoms with van der Waals surface area (Å²) in [5.41, 5.74) is -0.467. The first-order chi connectivity index (χ1) is 12.3. The van der Waals surface area contributed by atoms with E-state index in [1.54, 1.807) is 0 Å². The van der Waals surface area contributed by atoms with Crippen LogP contribution < -0.4 is 10.6 Å². The first-order valence-corrected chi connectivity index (χ1v) is 10.0. The molecule has 0 aliphatic carbocycles. The number of aliphatic imine (C=N–C) groups is 1. The molecule has 150 valence electrons. The summed E-state index contributed by atoms with van der Waals surface area (Å²) in [6, 6.07) is 0.689. The van der Waals surface area contributed by atoms with Crippen LogP contribution in [0.25, 0.3) is 0 Å². The van der Waals surface area contributed by atoms with Crippen LogP contribution in [0.5, 0.6) is 0 Å². The topological polar surface area (TPSA) is 69.2 Å². The zero-order valence-electron chi connectivity index (χ0n) is 17.2. The van der Waals surface area contributed by atoms with E-state index in [2.05, 4.69) is 32.3 Å². The lowest BCUT2D eigenvalue weighted by Gasteiger charge is -2.35. The maximum atomic E-state index is 12.0.